The van der Waals surface area contributed by atoms with Crippen molar-refractivity contribution >= 4 is 23.5 Å². The summed E-state index contributed by atoms with van der Waals surface area (Å²) in [6.07, 6.45) is 2.46. The van der Waals surface area contributed by atoms with Crippen LogP contribution < -0.4 is 5.32 Å². The van der Waals surface area contributed by atoms with E-state index in [0.29, 0.717) is 25.1 Å². The van der Waals surface area contributed by atoms with Gasteiger partial charge in [-0.15, -0.1) is 16.8 Å². The molecule has 27 heavy (non-hydrogen) atoms. The smallest absolute Gasteiger partial charge is 0.221 e. The zero-order valence-corrected chi connectivity index (χ0v) is 16.9. The average Bonchev–Trinajstić information content (AvgIpc) is 2.97. The second-order valence-electron chi connectivity index (χ2n) is 6.98. The lowest BCUT2D eigenvalue weighted by molar-refractivity contribution is -0.123. The summed E-state index contributed by atoms with van der Waals surface area (Å²) in [5.74, 6) is 1.34. The second kappa shape index (κ2) is 9.50. The van der Waals surface area contributed by atoms with Crippen molar-refractivity contribution in [3.05, 3.63) is 43.0 Å². The first-order chi connectivity index (χ1) is 12.8. The lowest BCUT2D eigenvalue weighted by atomic mass is 9.98. The minimum Gasteiger partial charge on any atom is -0.351 e. The lowest BCUT2D eigenvalue weighted by Crippen LogP contribution is -2.44. The van der Waals surface area contributed by atoms with Crippen LogP contribution in [0.5, 0.6) is 0 Å². The Morgan fingerprint density at radius 3 is 2.59 bits per heavy atom. The maximum atomic E-state index is 12.2. The molecule has 0 aliphatic carbocycles. The third-order valence-corrected chi connectivity index (χ3v) is 4.76. The van der Waals surface area contributed by atoms with Crippen LogP contribution in [0.3, 0.4) is 0 Å². The summed E-state index contributed by atoms with van der Waals surface area (Å²) in [7, 11) is 0. The van der Waals surface area contributed by atoms with E-state index in [2.05, 4.69) is 22.1 Å². The predicted molar refractivity (Wildman–Crippen MR) is 109 cm³/mol. The molecule has 0 saturated heterocycles. The molecule has 0 unspecified atom stereocenters. The Labute approximate surface area is 164 Å². The fourth-order valence-electron chi connectivity index (χ4n) is 2.83. The zero-order chi connectivity index (χ0) is 19.9. The number of carbonyl (C=O) groups excluding carboxylic acids is 2. The average molecular weight is 387 g/mol. The summed E-state index contributed by atoms with van der Waals surface area (Å²) in [6.45, 7) is 9.64. The van der Waals surface area contributed by atoms with Gasteiger partial charge in [0.05, 0.1) is 0 Å². The number of thioether (sulfide) groups is 1. The molecule has 0 atom stereocenters. The number of carbonyl (C=O) groups is 2. The number of amides is 1. The van der Waals surface area contributed by atoms with Crippen LogP contribution >= 0.6 is 11.8 Å². The Kier molecular flexibility index (Phi) is 7.36. The fourth-order valence-corrected chi connectivity index (χ4v) is 3.72. The van der Waals surface area contributed by atoms with Gasteiger partial charge in [0.25, 0.3) is 0 Å². The number of nitrogens with zero attached hydrogens (tertiary/aromatic N) is 3. The lowest BCUT2D eigenvalue weighted by Gasteiger charge is -2.25. The predicted octanol–water partition coefficient (Wildman–Crippen LogP) is 3.49. The van der Waals surface area contributed by atoms with Crippen LogP contribution in [-0.2, 0) is 16.1 Å². The molecule has 2 rings (SSSR count). The maximum Gasteiger partial charge on any atom is 0.221 e. The van der Waals surface area contributed by atoms with Crippen molar-refractivity contribution in [2.45, 2.75) is 50.9 Å². The van der Waals surface area contributed by atoms with E-state index in [4.69, 9.17) is 0 Å². The summed E-state index contributed by atoms with van der Waals surface area (Å²) in [6, 6.07) is 9.86. The molecule has 1 aromatic carbocycles. The Balaban J connectivity index is 1.98. The summed E-state index contributed by atoms with van der Waals surface area (Å²) in [5.41, 5.74) is 0.458. The van der Waals surface area contributed by atoms with E-state index in [9.17, 15) is 9.59 Å². The monoisotopic (exact) mass is 386 g/mol. The third-order valence-electron chi connectivity index (χ3n) is 3.79. The normalized spacial score (nSPS) is 11.2. The quantitative estimate of drug-likeness (QED) is 0.500. The first-order valence-electron chi connectivity index (χ1n) is 8.85. The number of ketones is 1. The molecule has 0 spiro atoms. The molecule has 0 fully saturated rings. The van der Waals surface area contributed by atoms with Gasteiger partial charge in [-0.2, -0.15) is 0 Å². The van der Waals surface area contributed by atoms with Crippen molar-refractivity contribution in [1.82, 2.24) is 20.1 Å². The molecule has 2 aromatic rings. The highest BCUT2D eigenvalue weighted by Gasteiger charge is 2.22. The van der Waals surface area contributed by atoms with E-state index in [-0.39, 0.29) is 11.7 Å². The van der Waals surface area contributed by atoms with Crippen molar-refractivity contribution in [3.8, 4) is 11.4 Å². The molecule has 0 aliphatic rings. The van der Waals surface area contributed by atoms with Crippen LogP contribution in [0.2, 0.25) is 0 Å². The van der Waals surface area contributed by atoms with Gasteiger partial charge in [0, 0.05) is 36.2 Å². The molecule has 144 valence electrons. The van der Waals surface area contributed by atoms with Crippen LogP contribution in [0.25, 0.3) is 11.4 Å². The fraction of sp³-hybridized carbons (Fsp3) is 0.400. The highest BCUT2D eigenvalue weighted by molar-refractivity contribution is 7.99. The van der Waals surface area contributed by atoms with Crippen LogP contribution in [-0.4, -0.2) is 37.7 Å². The second-order valence-corrected chi connectivity index (χ2v) is 8.04. The molecular formula is C20H26N4O2S. The maximum absolute atomic E-state index is 12.2. The van der Waals surface area contributed by atoms with E-state index in [0.717, 1.165) is 16.5 Å². The van der Waals surface area contributed by atoms with Gasteiger partial charge < -0.3 is 5.32 Å². The van der Waals surface area contributed by atoms with Gasteiger partial charge >= 0.3 is 0 Å². The van der Waals surface area contributed by atoms with Gasteiger partial charge in [0.15, 0.2) is 11.0 Å². The van der Waals surface area contributed by atoms with Gasteiger partial charge in [0.1, 0.15) is 5.78 Å². The standard InChI is InChI=1S/C20H26N4O2S/c1-5-12-24-18(16-9-7-6-8-10-16)22-23-19(24)27-13-11-17(26)21-20(3,4)14-15(2)25/h5-10H,1,11-14H2,2-4H3,(H,21,26). The number of Topliss-reactive ketones (excluding diaryl/α,β-unsaturated/α-hetero) is 1. The summed E-state index contributed by atoms with van der Waals surface area (Å²) >= 11 is 1.48. The molecule has 0 radical (unpaired) electrons. The van der Waals surface area contributed by atoms with Crippen LogP contribution in [0.1, 0.15) is 33.6 Å². The number of allylic oxidation sites excluding steroid dienone is 1. The first kappa shape index (κ1) is 20.9. The number of hydrogen-bond acceptors (Lipinski definition) is 5. The van der Waals surface area contributed by atoms with Crippen molar-refractivity contribution in [1.29, 1.82) is 0 Å². The zero-order valence-electron chi connectivity index (χ0n) is 16.1. The number of rotatable bonds is 10. The molecule has 6 nitrogen and oxygen atoms in total. The molecule has 1 aromatic heterocycles. The highest BCUT2D eigenvalue weighted by Crippen LogP contribution is 2.24. The molecule has 1 amide bonds. The Morgan fingerprint density at radius 1 is 1.26 bits per heavy atom. The number of benzene rings is 1. The van der Waals surface area contributed by atoms with Gasteiger partial charge in [0.2, 0.25) is 5.91 Å². The van der Waals surface area contributed by atoms with Gasteiger partial charge in [-0.1, -0.05) is 48.2 Å². The van der Waals surface area contributed by atoms with Crippen LogP contribution in [0, 0.1) is 0 Å². The van der Waals surface area contributed by atoms with E-state index in [1.807, 2.05) is 48.7 Å². The molecule has 7 heteroatoms. The van der Waals surface area contributed by atoms with E-state index < -0.39 is 5.54 Å². The summed E-state index contributed by atoms with van der Waals surface area (Å²) < 4.78 is 1.99. The Bertz CT molecular complexity index is 800. The largest absolute Gasteiger partial charge is 0.351 e. The molecule has 0 saturated carbocycles. The molecule has 1 heterocycles. The van der Waals surface area contributed by atoms with Crippen LogP contribution in [0.4, 0.5) is 0 Å². The minimum absolute atomic E-state index is 0.0562. The minimum atomic E-state index is -0.531. The third kappa shape index (κ3) is 6.36. The Hall–Kier alpha value is -2.41. The highest BCUT2D eigenvalue weighted by atomic mass is 32.2. The summed E-state index contributed by atoms with van der Waals surface area (Å²) in [5, 5.41) is 12.2. The van der Waals surface area contributed by atoms with Crippen molar-refractivity contribution in [2.24, 2.45) is 0 Å². The molecule has 0 bridgehead atoms. The van der Waals surface area contributed by atoms with Gasteiger partial charge in [-0.25, -0.2) is 0 Å². The van der Waals surface area contributed by atoms with Crippen LogP contribution in [0.15, 0.2) is 48.1 Å². The molecule has 0 aliphatic heterocycles. The van der Waals surface area contributed by atoms with Crippen molar-refractivity contribution < 1.29 is 9.59 Å². The van der Waals surface area contributed by atoms with E-state index in [1.165, 1.54) is 18.7 Å². The molecular weight excluding hydrogens is 360 g/mol. The molecule has 1 N–H and O–H groups in total. The van der Waals surface area contributed by atoms with E-state index in [1.54, 1.807) is 6.08 Å². The number of nitrogens with one attached hydrogen (secondary N) is 1. The van der Waals surface area contributed by atoms with Gasteiger partial charge in [-0.3, -0.25) is 14.2 Å². The van der Waals surface area contributed by atoms with Crippen molar-refractivity contribution in [3.63, 3.8) is 0 Å². The number of aromatic nitrogens is 3. The van der Waals surface area contributed by atoms with E-state index >= 15 is 0 Å². The summed E-state index contributed by atoms with van der Waals surface area (Å²) in [4.78, 5) is 23.4. The van der Waals surface area contributed by atoms with Crippen molar-refractivity contribution in [2.75, 3.05) is 5.75 Å². The topological polar surface area (TPSA) is 76.9 Å². The van der Waals surface area contributed by atoms with Gasteiger partial charge in [-0.05, 0) is 20.8 Å². The Morgan fingerprint density at radius 2 is 1.96 bits per heavy atom. The first-order valence-corrected chi connectivity index (χ1v) is 9.84. The number of hydrogen-bond donors (Lipinski definition) is 1. The SMILES string of the molecule is C=CCn1c(SCCC(=O)NC(C)(C)CC(C)=O)nnc1-c1ccccc1.